The lowest BCUT2D eigenvalue weighted by molar-refractivity contribution is -0.130. The van der Waals surface area contributed by atoms with E-state index in [0.29, 0.717) is 18.4 Å². The Labute approximate surface area is 111 Å². The zero-order chi connectivity index (χ0) is 12.8. The lowest BCUT2D eigenvalue weighted by Crippen LogP contribution is -2.39. The minimum atomic E-state index is 0.326. The highest BCUT2D eigenvalue weighted by atomic mass is 16.2. The number of carbonyl (C=O) groups is 1. The summed E-state index contributed by atoms with van der Waals surface area (Å²) in [5.74, 6) is 1.21. The van der Waals surface area contributed by atoms with Crippen LogP contribution in [0.1, 0.15) is 57.8 Å². The van der Waals surface area contributed by atoms with Gasteiger partial charge >= 0.3 is 0 Å². The molecule has 0 radical (unpaired) electrons. The fourth-order valence-electron chi connectivity index (χ4n) is 3.26. The van der Waals surface area contributed by atoms with Gasteiger partial charge in [0.05, 0.1) is 0 Å². The fraction of sp³-hybridized carbons (Fsp3) is 0.933. The van der Waals surface area contributed by atoms with Crippen LogP contribution in [0.15, 0.2) is 0 Å². The van der Waals surface area contributed by atoms with Gasteiger partial charge in [0.1, 0.15) is 0 Å². The summed E-state index contributed by atoms with van der Waals surface area (Å²) in [6.45, 7) is 2.04. The molecule has 3 heteroatoms. The smallest absolute Gasteiger partial charge is 0.223 e. The van der Waals surface area contributed by atoms with E-state index >= 15 is 0 Å². The topological polar surface area (TPSA) is 32.3 Å². The Hall–Kier alpha value is -0.570. The van der Waals surface area contributed by atoms with Gasteiger partial charge in [-0.25, -0.2) is 0 Å². The van der Waals surface area contributed by atoms with Crippen molar-refractivity contribution in [1.82, 2.24) is 10.2 Å². The highest BCUT2D eigenvalue weighted by molar-refractivity contribution is 5.76. The average Bonchev–Trinajstić information content (AvgIpc) is 2.90. The number of hydrogen-bond donors (Lipinski definition) is 1. The SMILES string of the molecule is CN(CCC1CCCC1)C(=O)CC1CCCCN1. The van der Waals surface area contributed by atoms with E-state index in [-0.39, 0.29) is 0 Å². The normalized spacial score (nSPS) is 25.3. The van der Waals surface area contributed by atoms with Gasteiger partial charge in [-0.1, -0.05) is 32.1 Å². The first-order chi connectivity index (χ1) is 8.75. The molecule has 1 aliphatic carbocycles. The van der Waals surface area contributed by atoms with Crippen LogP contribution in [0.2, 0.25) is 0 Å². The largest absolute Gasteiger partial charge is 0.346 e. The van der Waals surface area contributed by atoms with Crippen molar-refractivity contribution in [1.29, 1.82) is 0 Å². The van der Waals surface area contributed by atoms with E-state index in [2.05, 4.69) is 5.32 Å². The van der Waals surface area contributed by atoms with Crippen molar-refractivity contribution in [3.63, 3.8) is 0 Å². The van der Waals surface area contributed by atoms with E-state index in [4.69, 9.17) is 0 Å². The Morgan fingerprint density at radius 3 is 2.56 bits per heavy atom. The molecule has 2 aliphatic rings. The van der Waals surface area contributed by atoms with Gasteiger partial charge in [0.25, 0.3) is 0 Å². The molecule has 1 amide bonds. The number of hydrogen-bond acceptors (Lipinski definition) is 2. The first-order valence-corrected chi connectivity index (χ1v) is 7.73. The van der Waals surface area contributed by atoms with Crippen molar-refractivity contribution in [2.24, 2.45) is 5.92 Å². The molecule has 0 aromatic carbocycles. The van der Waals surface area contributed by atoms with Crippen LogP contribution >= 0.6 is 0 Å². The molecule has 1 saturated heterocycles. The fourth-order valence-corrected chi connectivity index (χ4v) is 3.26. The lowest BCUT2D eigenvalue weighted by atomic mass is 10.0. The minimum absolute atomic E-state index is 0.326. The van der Waals surface area contributed by atoms with E-state index < -0.39 is 0 Å². The Kier molecular flexibility index (Phi) is 5.48. The average molecular weight is 252 g/mol. The van der Waals surface area contributed by atoms with Crippen LogP contribution in [-0.4, -0.2) is 37.0 Å². The number of amides is 1. The van der Waals surface area contributed by atoms with Crippen molar-refractivity contribution >= 4 is 5.91 Å². The van der Waals surface area contributed by atoms with Crippen molar-refractivity contribution < 1.29 is 4.79 Å². The standard InChI is InChI=1S/C15H28N2O/c1-17(11-9-13-6-2-3-7-13)15(18)12-14-8-4-5-10-16-14/h13-14,16H,2-12H2,1H3. The van der Waals surface area contributed by atoms with Crippen LogP contribution < -0.4 is 5.32 Å². The van der Waals surface area contributed by atoms with Crippen LogP contribution in [0.5, 0.6) is 0 Å². The third-order valence-corrected chi connectivity index (χ3v) is 4.61. The van der Waals surface area contributed by atoms with Crippen molar-refractivity contribution in [2.75, 3.05) is 20.1 Å². The number of nitrogens with one attached hydrogen (secondary N) is 1. The van der Waals surface area contributed by atoms with Crippen molar-refractivity contribution in [2.45, 2.75) is 63.8 Å². The Bertz CT molecular complexity index is 255. The second-order valence-electron chi connectivity index (χ2n) is 6.11. The maximum absolute atomic E-state index is 12.1. The Morgan fingerprint density at radius 2 is 1.89 bits per heavy atom. The maximum atomic E-state index is 12.1. The van der Waals surface area contributed by atoms with Crippen LogP contribution in [0.3, 0.4) is 0 Å². The number of nitrogens with zero attached hydrogens (tertiary/aromatic N) is 1. The van der Waals surface area contributed by atoms with E-state index in [1.54, 1.807) is 0 Å². The summed E-state index contributed by atoms with van der Waals surface area (Å²) in [4.78, 5) is 14.1. The van der Waals surface area contributed by atoms with Crippen molar-refractivity contribution in [3.05, 3.63) is 0 Å². The second kappa shape index (κ2) is 7.13. The zero-order valence-electron chi connectivity index (χ0n) is 11.8. The predicted molar refractivity (Wildman–Crippen MR) is 74.5 cm³/mol. The van der Waals surface area contributed by atoms with Gasteiger partial charge in [-0.15, -0.1) is 0 Å². The maximum Gasteiger partial charge on any atom is 0.223 e. The minimum Gasteiger partial charge on any atom is -0.346 e. The summed E-state index contributed by atoms with van der Waals surface area (Å²) in [6, 6.07) is 0.431. The van der Waals surface area contributed by atoms with E-state index in [1.807, 2.05) is 11.9 Å². The molecule has 1 heterocycles. The molecule has 2 rings (SSSR count). The molecular weight excluding hydrogens is 224 g/mol. The lowest BCUT2D eigenvalue weighted by Gasteiger charge is -2.26. The molecule has 0 spiro atoms. The Balaban J connectivity index is 1.63. The van der Waals surface area contributed by atoms with Gasteiger partial charge in [-0.3, -0.25) is 4.79 Å². The highest BCUT2D eigenvalue weighted by Gasteiger charge is 2.20. The summed E-state index contributed by atoms with van der Waals surface area (Å²) < 4.78 is 0. The van der Waals surface area contributed by atoms with Gasteiger partial charge < -0.3 is 10.2 Å². The van der Waals surface area contributed by atoms with E-state index in [1.165, 1.54) is 51.4 Å². The molecule has 2 fully saturated rings. The molecule has 3 nitrogen and oxygen atoms in total. The first kappa shape index (κ1) is 13.9. The van der Waals surface area contributed by atoms with Gasteiger partial charge in [0.15, 0.2) is 0 Å². The van der Waals surface area contributed by atoms with Gasteiger partial charge in [-0.2, -0.15) is 0 Å². The summed E-state index contributed by atoms with van der Waals surface area (Å²) in [5.41, 5.74) is 0. The highest BCUT2D eigenvalue weighted by Crippen LogP contribution is 2.27. The predicted octanol–water partition coefficient (Wildman–Crippen LogP) is 2.56. The van der Waals surface area contributed by atoms with Gasteiger partial charge in [-0.05, 0) is 31.7 Å². The molecule has 1 atom stereocenters. The number of piperidine rings is 1. The Morgan fingerprint density at radius 1 is 1.17 bits per heavy atom. The first-order valence-electron chi connectivity index (χ1n) is 7.73. The van der Waals surface area contributed by atoms with Gasteiger partial charge in [0.2, 0.25) is 5.91 Å². The summed E-state index contributed by atoms with van der Waals surface area (Å²) in [6.07, 6.45) is 11.2. The molecule has 0 aromatic rings. The van der Waals surface area contributed by atoms with Crippen LogP contribution in [0, 0.1) is 5.92 Å². The zero-order valence-corrected chi connectivity index (χ0v) is 11.8. The van der Waals surface area contributed by atoms with E-state index in [9.17, 15) is 4.79 Å². The monoisotopic (exact) mass is 252 g/mol. The quantitative estimate of drug-likeness (QED) is 0.815. The summed E-state index contributed by atoms with van der Waals surface area (Å²) in [5, 5.41) is 3.45. The summed E-state index contributed by atoms with van der Waals surface area (Å²) in [7, 11) is 1.97. The molecule has 1 unspecified atom stereocenters. The molecule has 1 saturated carbocycles. The van der Waals surface area contributed by atoms with Crippen molar-refractivity contribution in [3.8, 4) is 0 Å². The van der Waals surface area contributed by atoms with Crippen LogP contribution in [0.25, 0.3) is 0 Å². The van der Waals surface area contributed by atoms with E-state index in [0.717, 1.165) is 19.0 Å². The molecular formula is C15H28N2O. The van der Waals surface area contributed by atoms with Crippen LogP contribution in [-0.2, 0) is 4.79 Å². The third kappa shape index (κ3) is 4.27. The molecule has 1 N–H and O–H groups in total. The van der Waals surface area contributed by atoms with Gasteiger partial charge in [0, 0.05) is 26.1 Å². The third-order valence-electron chi connectivity index (χ3n) is 4.61. The molecule has 0 bridgehead atoms. The number of carbonyl (C=O) groups excluding carboxylic acids is 1. The molecule has 18 heavy (non-hydrogen) atoms. The molecule has 1 aliphatic heterocycles. The van der Waals surface area contributed by atoms with Crippen LogP contribution in [0.4, 0.5) is 0 Å². The molecule has 104 valence electrons. The number of rotatable bonds is 5. The molecule has 0 aromatic heterocycles. The second-order valence-corrected chi connectivity index (χ2v) is 6.11. The summed E-state index contributed by atoms with van der Waals surface area (Å²) >= 11 is 0.